The zero-order chi connectivity index (χ0) is 13.0. The number of rotatable bonds is 5. The largest absolute Gasteiger partial charge is 0.351 e. The second-order valence-electron chi connectivity index (χ2n) is 4.43. The fourth-order valence-corrected chi connectivity index (χ4v) is 2.45. The minimum Gasteiger partial charge on any atom is -0.351 e. The van der Waals surface area contributed by atoms with Crippen LogP contribution in [-0.2, 0) is 0 Å². The highest BCUT2D eigenvalue weighted by Gasteiger charge is 2.11. The highest BCUT2D eigenvalue weighted by molar-refractivity contribution is 7.98. The lowest BCUT2D eigenvalue weighted by atomic mass is 10.2. The molecule has 0 fully saturated rings. The maximum Gasteiger partial charge on any atom is 0.267 e. The van der Waals surface area contributed by atoms with E-state index in [9.17, 15) is 4.79 Å². The molecule has 0 aliphatic heterocycles. The predicted octanol–water partition coefficient (Wildman–Crippen LogP) is 3.04. The monoisotopic (exact) mass is 262 g/mol. The minimum atomic E-state index is -0.0280. The van der Waals surface area contributed by atoms with Crippen molar-refractivity contribution in [1.29, 1.82) is 0 Å². The molecule has 2 aromatic rings. The van der Waals surface area contributed by atoms with E-state index in [-0.39, 0.29) is 11.9 Å². The molecule has 0 saturated heterocycles. The molecule has 1 unspecified atom stereocenters. The number of aromatic amines is 1. The molecule has 0 aliphatic carbocycles. The van der Waals surface area contributed by atoms with Gasteiger partial charge in [-0.3, -0.25) is 4.79 Å². The molecule has 96 valence electrons. The first-order chi connectivity index (χ1) is 8.70. The van der Waals surface area contributed by atoms with Crippen molar-refractivity contribution in [3.8, 4) is 0 Å². The zero-order valence-corrected chi connectivity index (χ0v) is 11.5. The van der Waals surface area contributed by atoms with Crippen LogP contribution in [0.1, 0.15) is 23.8 Å². The third-order valence-electron chi connectivity index (χ3n) is 2.91. The molecule has 1 amide bonds. The third kappa shape index (κ3) is 3.07. The number of H-pyrrole nitrogens is 1. The molecule has 3 nitrogen and oxygen atoms in total. The predicted molar refractivity (Wildman–Crippen MR) is 78.2 cm³/mol. The summed E-state index contributed by atoms with van der Waals surface area (Å²) in [4.78, 5) is 15.2. The fourth-order valence-electron chi connectivity index (χ4n) is 1.86. The van der Waals surface area contributed by atoms with E-state index in [2.05, 4.69) is 16.6 Å². The van der Waals surface area contributed by atoms with Gasteiger partial charge in [0.2, 0.25) is 0 Å². The van der Waals surface area contributed by atoms with E-state index in [1.54, 1.807) is 11.8 Å². The Labute approximate surface area is 111 Å². The number of thioether (sulfide) groups is 1. The van der Waals surface area contributed by atoms with E-state index in [0.29, 0.717) is 5.69 Å². The lowest BCUT2D eigenvalue weighted by Gasteiger charge is -2.12. The Kier molecular flexibility index (Phi) is 4.31. The van der Waals surface area contributed by atoms with Crippen LogP contribution >= 0.6 is 11.8 Å². The minimum absolute atomic E-state index is 0.0280. The van der Waals surface area contributed by atoms with E-state index in [4.69, 9.17) is 0 Å². The first-order valence-electron chi connectivity index (χ1n) is 6.08. The van der Waals surface area contributed by atoms with Crippen LogP contribution in [0.5, 0.6) is 0 Å². The molecule has 18 heavy (non-hydrogen) atoms. The summed E-state index contributed by atoms with van der Waals surface area (Å²) >= 11 is 1.80. The molecular formula is C14H18N2OS. The van der Waals surface area contributed by atoms with Gasteiger partial charge in [-0.15, -0.1) is 0 Å². The lowest BCUT2D eigenvalue weighted by Crippen LogP contribution is -2.33. The van der Waals surface area contributed by atoms with Crippen molar-refractivity contribution < 1.29 is 4.79 Å². The molecule has 2 N–H and O–H groups in total. The standard InChI is InChI=1S/C14H18N2OS/c1-10(7-8-18-2)15-14(17)13-9-11-5-3-4-6-12(11)16-13/h3-6,9-10,16H,7-8H2,1-2H3,(H,15,17). The second-order valence-corrected chi connectivity index (χ2v) is 5.41. The molecule has 1 atom stereocenters. The summed E-state index contributed by atoms with van der Waals surface area (Å²) in [6, 6.07) is 10.0. The van der Waals surface area contributed by atoms with Crippen LogP contribution in [0.2, 0.25) is 0 Å². The highest BCUT2D eigenvalue weighted by Crippen LogP contribution is 2.14. The lowest BCUT2D eigenvalue weighted by molar-refractivity contribution is 0.0935. The summed E-state index contributed by atoms with van der Waals surface area (Å²) in [6.45, 7) is 2.04. The Morgan fingerprint density at radius 2 is 2.22 bits per heavy atom. The van der Waals surface area contributed by atoms with E-state index >= 15 is 0 Å². The summed E-state index contributed by atoms with van der Waals surface area (Å²) in [6.07, 6.45) is 3.07. The van der Waals surface area contributed by atoms with Crippen molar-refractivity contribution in [1.82, 2.24) is 10.3 Å². The number of para-hydroxylation sites is 1. The van der Waals surface area contributed by atoms with Gasteiger partial charge in [-0.05, 0) is 37.5 Å². The highest BCUT2D eigenvalue weighted by atomic mass is 32.2. The summed E-state index contributed by atoms with van der Waals surface area (Å²) in [5.41, 5.74) is 1.63. The Morgan fingerprint density at radius 1 is 1.44 bits per heavy atom. The van der Waals surface area contributed by atoms with Crippen LogP contribution in [0.3, 0.4) is 0 Å². The fraction of sp³-hybridized carbons (Fsp3) is 0.357. The smallest absolute Gasteiger partial charge is 0.267 e. The number of hydrogen-bond acceptors (Lipinski definition) is 2. The van der Waals surface area contributed by atoms with Crippen LogP contribution in [0.25, 0.3) is 10.9 Å². The Balaban J connectivity index is 2.04. The van der Waals surface area contributed by atoms with Gasteiger partial charge < -0.3 is 10.3 Å². The van der Waals surface area contributed by atoms with Crippen molar-refractivity contribution in [3.05, 3.63) is 36.0 Å². The Morgan fingerprint density at radius 3 is 2.94 bits per heavy atom. The average Bonchev–Trinajstić information content (AvgIpc) is 2.80. The molecule has 0 spiro atoms. The molecule has 1 heterocycles. The van der Waals surface area contributed by atoms with Gasteiger partial charge >= 0.3 is 0 Å². The maximum atomic E-state index is 12.0. The van der Waals surface area contributed by atoms with Crippen molar-refractivity contribution >= 4 is 28.6 Å². The number of hydrogen-bond donors (Lipinski definition) is 2. The molecule has 4 heteroatoms. The van der Waals surface area contributed by atoms with Crippen LogP contribution < -0.4 is 5.32 Å². The van der Waals surface area contributed by atoms with Crippen molar-refractivity contribution in [2.75, 3.05) is 12.0 Å². The third-order valence-corrected chi connectivity index (χ3v) is 3.55. The molecule has 1 aromatic carbocycles. The summed E-state index contributed by atoms with van der Waals surface area (Å²) in [7, 11) is 0. The Hall–Kier alpha value is -1.42. The van der Waals surface area contributed by atoms with Gasteiger partial charge in [0.1, 0.15) is 5.69 Å². The molecule has 1 aromatic heterocycles. The number of fused-ring (bicyclic) bond motifs is 1. The van der Waals surface area contributed by atoms with Gasteiger partial charge in [0.15, 0.2) is 0 Å². The van der Waals surface area contributed by atoms with E-state index < -0.39 is 0 Å². The number of nitrogens with one attached hydrogen (secondary N) is 2. The summed E-state index contributed by atoms with van der Waals surface area (Å²) in [5, 5.41) is 4.08. The number of carbonyl (C=O) groups excluding carboxylic acids is 1. The topological polar surface area (TPSA) is 44.9 Å². The number of benzene rings is 1. The maximum absolute atomic E-state index is 12.0. The molecule has 2 rings (SSSR count). The van der Waals surface area contributed by atoms with Gasteiger partial charge in [0, 0.05) is 16.9 Å². The molecule has 0 bridgehead atoms. The normalized spacial score (nSPS) is 12.6. The van der Waals surface area contributed by atoms with Crippen molar-refractivity contribution in [2.24, 2.45) is 0 Å². The summed E-state index contributed by atoms with van der Waals surface area (Å²) in [5.74, 6) is 1.04. The second kappa shape index (κ2) is 5.96. The van der Waals surface area contributed by atoms with Gasteiger partial charge in [0.05, 0.1) is 0 Å². The molecule has 0 radical (unpaired) electrons. The summed E-state index contributed by atoms with van der Waals surface area (Å²) < 4.78 is 0. The van der Waals surface area contributed by atoms with E-state index in [1.165, 1.54) is 0 Å². The average molecular weight is 262 g/mol. The molecule has 0 aliphatic rings. The van der Waals surface area contributed by atoms with Gasteiger partial charge in [0.25, 0.3) is 5.91 Å². The van der Waals surface area contributed by atoms with Crippen molar-refractivity contribution in [3.63, 3.8) is 0 Å². The Bertz CT molecular complexity index is 502. The van der Waals surface area contributed by atoms with E-state index in [1.807, 2.05) is 37.3 Å². The van der Waals surface area contributed by atoms with Crippen LogP contribution in [-0.4, -0.2) is 28.9 Å². The molecular weight excluding hydrogens is 244 g/mol. The van der Waals surface area contributed by atoms with Gasteiger partial charge in [-0.2, -0.15) is 11.8 Å². The van der Waals surface area contributed by atoms with Gasteiger partial charge in [-0.1, -0.05) is 18.2 Å². The number of carbonyl (C=O) groups is 1. The first kappa shape index (κ1) is 13.0. The van der Waals surface area contributed by atoms with Crippen molar-refractivity contribution in [2.45, 2.75) is 19.4 Å². The van der Waals surface area contributed by atoms with Crippen LogP contribution in [0.4, 0.5) is 0 Å². The van der Waals surface area contributed by atoms with Crippen LogP contribution in [0, 0.1) is 0 Å². The first-order valence-corrected chi connectivity index (χ1v) is 7.47. The van der Waals surface area contributed by atoms with E-state index in [0.717, 1.165) is 23.1 Å². The zero-order valence-electron chi connectivity index (χ0n) is 10.7. The SMILES string of the molecule is CSCCC(C)NC(=O)c1cc2ccccc2[nH]1. The number of aromatic nitrogens is 1. The van der Waals surface area contributed by atoms with Crippen LogP contribution in [0.15, 0.2) is 30.3 Å². The molecule has 0 saturated carbocycles. The van der Waals surface area contributed by atoms with Gasteiger partial charge in [-0.25, -0.2) is 0 Å². The quantitative estimate of drug-likeness (QED) is 0.870. The number of amides is 1.